The van der Waals surface area contributed by atoms with Crippen LogP contribution >= 0.6 is 11.8 Å². The molecule has 0 N–H and O–H groups in total. The third kappa shape index (κ3) is 2.01. The molecule has 0 bridgehead atoms. The Labute approximate surface area is 128 Å². The molecule has 3 nitrogen and oxygen atoms in total. The van der Waals surface area contributed by atoms with Gasteiger partial charge in [-0.25, -0.2) is 0 Å². The summed E-state index contributed by atoms with van der Waals surface area (Å²) in [5.74, 6) is 0. The van der Waals surface area contributed by atoms with Crippen LogP contribution in [0.1, 0.15) is 30.9 Å². The van der Waals surface area contributed by atoms with Crippen LogP contribution in [0.5, 0.6) is 0 Å². The van der Waals surface area contributed by atoms with Crippen LogP contribution in [-0.2, 0) is 0 Å². The van der Waals surface area contributed by atoms with Crippen molar-refractivity contribution in [2.24, 2.45) is 4.99 Å². The molecule has 0 spiro atoms. The number of aryl methyl sites for hydroxylation is 1. The van der Waals surface area contributed by atoms with E-state index in [2.05, 4.69) is 35.9 Å². The van der Waals surface area contributed by atoms with Crippen LogP contribution in [0, 0.1) is 6.92 Å². The van der Waals surface area contributed by atoms with Gasteiger partial charge in [0.2, 0.25) is 0 Å². The number of aliphatic imine (C=N–C) groups is 1. The fourth-order valence-electron chi connectivity index (χ4n) is 3.13. The molecule has 4 rings (SSSR count). The lowest BCUT2D eigenvalue weighted by atomic mass is 10.0. The van der Waals surface area contributed by atoms with Crippen LogP contribution in [-0.4, -0.2) is 23.2 Å². The Balaban J connectivity index is 1.87. The molecule has 0 saturated heterocycles. The van der Waals surface area contributed by atoms with Crippen molar-refractivity contribution < 1.29 is 4.42 Å². The van der Waals surface area contributed by atoms with Crippen LogP contribution in [0.15, 0.2) is 38.8 Å². The van der Waals surface area contributed by atoms with Crippen molar-refractivity contribution in [3.05, 3.63) is 40.5 Å². The van der Waals surface area contributed by atoms with Gasteiger partial charge >= 0.3 is 0 Å². The Bertz CT molecular complexity index is 772. The van der Waals surface area contributed by atoms with E-state index >= 15 is 0 Å². The Morgan fingerprint density at radius 1 is 1.38 bits per heavy atom. The van der Waals surface area contributed by atoms with Crippen molar-refractivity contribution >= 4 is 33.6 Å². The van der Waals surface area contributed by atoms with Crippen molar-refractivity contribution in [3.8, 4) is 0 Å². The van der Waals surface area contributed by atoms with Gasteiger partial charge in [-0.3, -0.25) is 4.99 Å². The van der Waals surface area contributed by atoms with Gasteiger partial charge in [-0.1, -0.05) is 25.1 Å². The minimum absolute atomic E-state index is 0.910. The molecule has 2 aliphatic heterocycles. The molecule has 2 aliphatic rings. The van der Waals surface area contributed by atoms with Gasteiger partial charge in [0.15, 0.2) is 5.17 Å². The fourth-order valence-corrected chi connectivity index (χ4v) is 4.43. The summed E-state index contributed by atoms with van der Waals surface area (Å²) in [5.41, 5.74) is 4.86. The number of hydrogen-bond acceptors (Lipinski definition) is 4. The minimum atomic E-state index is 0.910. The first-order valence-corrected chi connectivity index (χ1v) is 8.31. The predicted octanol–water partition coefficient (Wildman–Crippen LogP) is 4.63. The molecule has 0 fully saturated rings. The van der Waals surface area contributed by atoms with Gasteiger partial charge in [-0.2, -0.15) is 0 Å². The molecule has 0 unspecified atom stereocenters. The number of amidine groups is 1. The highest BCUT2D eigenvalue weighted by molar-refractivity contribution is 8.17. The van der Waals surface area contributed by atoms with E-state index in [1.165, 1.54) is 32.3 Å². The van der Waals surface area contributed by atoms with E-state index in [4.69, 9.17) is 4.42 Å². The number of hydrogen-bond donors (Lipinski definition) is 0. The minimum Gasteiger partial charge on any atom is -0.464 e. The summed E-state index contributed by atoms with van der Waals surface area (Å²) >= 11 is 1.85. The number of fused-ring (bicyclic) bond motifs is 2. The molecule has 0 radical (unpaired) electrons. The average Bonchev–Trinajstić information content (AvgIpc) is 3.13. The number of thioether (sulfide) groups is 1. The molecule has 0 saturated carbocycles. The number of furan rings is 1. The molecule has 4 heteroatoms. The van der Waals surface area contributed by atoms with Crippen molar-refractivity contribution in [1.82, 2.24) is 4.90 Å². The Morgan fingerprint density at radius 3 is 3.14 bits per heavy atom. The molecule has 0 amide bonds. The molecular formula is C17H18N2OS. The molecule has 0 atom stereocenters. The lowest BCUT2D eigenvalue weighted by molar-refractivity contribution is 0.614. The summed E-state index contributed by atoms with van der Waals surface area (Å²) in [6, 6.07) is 6.50. The number of allylic oxidation sites excluding steroid dienone is 1. The molecule has 21 heavy (non-hydrogen) atoms. The largest absolute Gasteiger partial charge is 0.464 e. The van der Waals surface area contributed by atoms with Gasteiger partial charge in [0.1, 0.15) is 5.58 Å². The van der Waals surface area contributed by atoms with Gasteiger partial charge < -0.3 is 9.32 Å². The molecule has 3 heterocycles. The fraction of sp³-hybridized carbons (Fsp3) is 0.353. The smallest absolute Gasteiger partial charge is 0.168 e. The van der Waals surface area contributed by atoms with Crippen LogP contribution in [0.2, 0.25) is 0 Å². The zero-order valence-corrected chi connectivity index (χ0v) is 13.2. The van der Waals surface area contributed by atoms with E-state index in [9.17, 15) is 0 Å². The summed E-state index contributed by atoms with van der Waals surface area (Å²) in [4.78, 5) is 8.44. The molecule has 108 valence electrons. The van der Waals surface area contributed by atoms with Crippen LogP contribution in [0.25, 0.3) is 16.7 Å². The molecule has 1 aromatic heterocycles. The maximum absolute atomic E-state index is 5.63. The first-order chi connectivity index (χ1) is 10.3. The van der Waals surface area contributed by atoms with Gasteiger partial charge in [0.25, 0.3) is 0 Å². The van der Waals surface area contributed by atoms with Crippen LogP contribution < -0.4 is 0 Å². The monoisotopic (exact) mass is 298 g/mol. The quantitative estimate of drug-likeness (QED) is 0.827. The molecule has 1 aromatic carbocycles. The Morgan fingerprint density at radius 2 is 2.29 bits per heavy atom. The second-order valence-corrected chi connectivity index (χ2v) is 6.63. The summed E-state index contributed by atoms with van der Waals surface area (Å²) in [7, 11) is 0. The summed E-state index contributed by atoms with van der Waals surface area (Å²) < 4.78 is 5.63. The lowest BCUT2D eigenvalue weighted by Gasteiger charge is -2.18. The third-order valence-corrected chi connectivity index (χ3v) is 5.26. The third-order valence-electron chi connectivity index (χ3n) is 4.08. The van der Waals surface area contributed by atoms with Gasteiger partial charge in [-0.05, 0) is 37.1 Å². The Hall–Kier alpha value is -1.68. The van der Waals surface area contributed by atoms with Crippen molar-refractivity contribution in [1.29, 1.82) is 0 Å². The van der Waals surface area contributed by atoms with Crippen molar-refractivity contribution in [3.63, 3.8) is 0 Å². The Kier molecular flexibility index (Phi) is 3.07. The summed E-state index contributed by atoms with van der Waals surface area (Å²) in [5, 5.41) is 2.38. The summed E-state index contributed by atoms with van der Waals surface area (Å²) in [6.07, 6.45) is 4.05. The molecule has 2 aromatic rings. The van der Waals surface area contributed by atoms with E-state index < -0.39 is 0 Å². The number of rotatable bonds is 3. The SMILES string of the molecule is CCCC1=C(c2cc(C)c3ccoc3c2)N2CCN=C2S1. The maximum Gasteiger partial charge on any atom is 0.168 e. The van der Waals surface area contributed by atoms with Crippen molar-refractivity contribution in [2.45, 2.75) is 26.7 Å². The summed E-state index contributed by atoms with van der Waals surface area (Å²) in [6.45, 7) is 6.30. The number of nitrogens with zero attached hydrogens (tertiary/aromatic N) is 2. The van der Waals surface area contributed by atoms with Gasteiger partial charge in [0.05, 0.1) is 18.5 Å². The highest BCUT2D eigenvalue weighted by Crippen LogP contribution is 2.44. The molecule has 0 aliphatic carbocycles. The lowest BCUT2D eigenvalue weighted by Crippen LogP contribution is -2.20. The van der Waals surface area contributed by atoms with Gasteiger partial charge in [0, 0.05) is 22.4 Å². The van der Waals surface area contributed by atoms with E-state index in [0.29, 0.717) is 0 Å². The first kappa shape index (κ1) is 13.0. The van der Waals surface area contributed by atoms with E-state index in [-0.39, 0.29) is 0 Å². The second kappa shape index (κ2) is 4.95. The van der Waals surface area contributed by atoms with E-state index in [0.717, 1.165) is 31.5 Å². The van der Waals surface area contributed by atoms with E-state index in [1.54, 1.807) is 6.26 Å². The molecular weight excluding hydrogens is 280 g/mol. The highest BCUT2D eigenvalue weighted by Gasteiger charge is 2.32. The van der Waals surface area contributed by atoms with E-state index in [1.807, 2.05) is 17.8 Å². The van der Waals surface area contributed by atoms with Crippen molar-refractivity contribution in [2.75, 3.05) is 13.1 Å². The maximum atomic E-state index is 5.63. The topological polar surface area (TPSA) is 28.7 Å². The van der Waals surface area contributed by atoms with Gasteiger partial charge in [-0.15, -0.1) is 0 Å². The number of benzene rings is 1. The highest BCUT2D eigenvalue weighted by atomic mass is 32.2. The second-order valence-electron chi connectivity index (χ2n) is 5.57. The normalized spacial score (nSPS) is 17.8. The standard InChI is InChI=1S/C17H18N2OS/c1-3-4-15-16(19-7-6-18-17(19)21-15)12-9-11(2)13-5-8-20-14(13)10-12/h5,8-10H,3-4,6-7H2,1-2H3. The zero-order valence-electron chi connectivity index (χ0n) is 12.3. The van der Waals surface area contributed by atoms with Crippen LogP contribution in [0.3, 0.4) is 0 Å². The zero-order chi connectivity index (χ0) is 14.4. The van der Waals surface area contributed by atoms with Crippen LogP contribution in [0.4, 0.5) is 0 Å². The predicted molar refractivity (Wildman–Crippen MR) is 89.4 cm³/mol. The average molecular weight is 298 g/mol. The first-order valence-electron chi connectivity index (χ1n) is 7.49.